The Kier molecular flexibility index (Phi) is 1.75. The van der Waals surface area contributed by atoms with Gasteiger partial charge in [0.1, 0.15) is 0 Å². The van der Waals surface area contributed by atoms with Crippen LogP contribution in [0.15, 0.2) is 10.2 Å². The van der Waals surface area contributed by atoms with Crippen LogP contribution in [0.2, 0.25) is 0 Å². The lowest BCUT2D eigenvalue weighted by molar-refractivity contribution is 0.324. The van der Waals surface area contributed by atoms with Gasteiger partial charge in [0, 0.05) is 6.54 Å². The zero-order valence-corrected chi connectivity index (χ0v) is 5.39. The third-order valence-electron chi connectivity index (χ3n) is 1.36. The van der Waals surface area contributed by atoms with Gasteiger partial charge in [0.2, 0.25) is 0 Å². The minimum absolute atomic E-state index is 0.156. The predicted molar refractivity (Wildman–Crippen MR) is 31.6 cm³/mol. The van der Waals surface area contributed by atoms with E-state index < -0.39 is 0 Å². The molecule has 0 saturated carbocycles. The van der Waals surface area contributed by atoms with Gasteiger partial charge in [0.25, 0.3) is 0 Å². The molecule has 52 valence electrons. The molecule has 1 aliphatic heterocycles. The maximum Gasteiger partial charge on any atom is 0.188 e. The predicted octanol–water partition coefficient (Wildman–Crippen LogP) is 1.42. The molecule has 0 unspecified atom stereocenters. The lowest BCUT2D eigenvalue weighted by atomic mass is 10.1. The van der Waals surface area contributed by atoms with Crippen LogP contribution in [0.4, 0.5) is 4.48 Å². The molecule has 1 heterocycles. The van der Waals surface area contributed by atoms with Crippen LogP contribution in [0.25, 0.3) is 0 Å². The highest BCUT2D eigenvalue weighted by Crippen LogP contribution is 2.31. The van der Waals surface area contributed by atoms with Crippen molar-refractivity contribution < 1.29 is 4.48 Å². The molecule has 0 atom stereocenters. The van der Waals surface area contributed by atoms with Crippen LogP contribution in [0.5, 0.6) is 0 Å². The van der Waals surface area contributed by atoms with E-state index in [1.807, 2.05) is 6.92 Å². The Bertz CT molecular complexity index is 117. The largest absolute Gasteiger partial charge is 0.188 e. The molecule has 0 saturated heterocycles. The molecule has 0 aromatic rings. The molecule has 0 aromatic carbocycles. The first-order valence-electron chi connectivity index (χ1n) is 3.04. The van der Waals surface area contributed by atoms with Crippen LogP contribution < -0.4 is 5.54 Å². The number of nitrogens with one attached hydrogen (secondary N) is 1. The quantitative estimate of drug-likeness (QED) is 0.454. The van der Waals surface area contributed by atoms with Crippen molar-refractivity contribution in [2.75, 3.05) is 6.54 Å². The summed E-state index contributed by atoms with van der Waals surface area (Å²) in [5.41, 5.74) is 1.43. The summed E-state index contributed by atoms with van der Waals surface area (Å²) in [6.45, 7) is 2.34. The summed E-state index contributed by atoms with van der Waals surface area (Å²) in [6.07, 6.45) is 1.64. The number of hydrogen-bond acceptors (Lipinski definition) is 3. The van der Waals surface area contributed by atoms with Crippen molar-refractivity contribution in [2.45, 2.75) is 25.4 Å². The van der Waals surface area contributed by atoms with E-state index in [4.69, 9.17) is 0 Å². The van der Waals surface area contributed by atoms with Crippen LogP contribution in [0.1, 0.15) is 19.8 Å². The molecule has 0 radical (unpaired) electrons. The van der Waals surface area contributed by atoms with Crippen molar-refractivity contribution in [3.63, 3.8) is 0 Å². The molecule has 4 heteroatoms. The Morgan fingerprint density at radius 1 is 1.56 bits per heavy atom. The van der Waals surface area contributed by atoms with Crippen molar-refractivity contribution in [2.24, 2.45) is 10.2 Å². The van der Waals surface area contributed by atoms with E-state index in [1.165, 1.54) is 0 Å². The van der Waals surface area contributed by atoms with Crippen LogP contribution in [0.3, 0.4) is 0 Å². The Labute approximate surface area is 53.3 Å². The minimum atomic E-state index is -0.156. The van der Waals surface area contributed by atoms with Gasteiger partial charge in [-0.3, -0.25) is 0 Å². The fourth-order valence-corrected chi connectivity index (χ4v) is 0.675. The summed E-state index contributed by atoms with van der Waals surface area (Å²) >= 11 is 0. The van der Waals surface area contributed by atoms with Gasteiger partial charge in [-0.2, -0.15) is 15.8 Å². The van der Waals surface area contributed by atoms with Crippen molar-refractivity contribution in [3.05, 3.63) is 0 Å². The molecular weight excluding hydrogens is 121 g/mol. The van der Waals surface area contributed by atoms with Crippen LogP contribution in [-0.4, -0.2) is 12.2 Å². The number of nitrogens with zero attached hydrogens (tertiary/aromatic N) is 2. The first-order valence-corrected chi connectivity index (χ1v) is 3.04. The Balaban J connectivity index is 1.93. The highest BCUT2D eigenvalue weighted by atomic mass is 19.2. The van der Waals surface area contributed by atoms with Crippen molar-refractivity contribution in [3.8, 4) is 0 Å². The topological polar surface area (TPSA) is 36.8 Å². The second-order valence-electron chi connectivity index (χ2n) is 2.40. The van der Waals surface area contributed by atoms with Crippen LogP contribution in [0, 0.1) is 0 Å². The van der Waals surface area contributed by atoms with Gasteiger partial charge in [-0.05, 0) is 19.8 Å². The molecule has 3 nitrogen and oxygen atoms in total. The number of hydrogen-bond donors (Lipinski definition) is 1. The zero-order valence-electron chi connectivity index (χ0n) is 5.39. The average Bonchev–Trinajstić information content (AvgIpc) is 2.50. The Morgan fingerprint density at radius 2 is 2.22 bits per heavy atom. The standard InChI is InChI=1S/C5H10FN3/c1-5(8-9-5)3-2-4-7-6/h7H,2-4H2,1H3. The molecule has 1 aliphatic rings. The van der Waals surface area contributed by atoms with Gasteiger partial charge >= 0.3 is 0 Å². The summed E-state index contributed by atoms with van der Waals surface area (Å²) in [7, 11) is 0. The third-order valence-corrected chi connectivity index (χ3v) is 1.36. The van der Waals surface area contributed by atoms with Crippen molar-refractivity contribution in [1.29, 1.82) is 0 Å². The van der Waals surface area contributed by atoms with E-state index in [0.717, 1.165) is 12.8 Å². The molecule has 0 amide bonds. The first-order chi connectivity index (χ1) is 4.27. The molecule has 0 aliphatic carbocycles. The smallest absolute Gasteiger partial charge is 0.159 e. The summed E-state index contributed by atoms with van der Waals surface area (Å²) < 4.78 is 11.3. The SMILES string of the molecule is CC1(CCCNF)N=N1. The third kappa shape index (κ3) is 2.05. The van der Waals surface area contributed by atoms with Gasteiger partial charge in [0.05, 0.1) is 0 Å². The monoisotopic (exact) mass is 131 g/mol. The summed E-state index contributed by atoms with van der Waals surface area (Å²) in [5, 5.41) is 7.56. The van der Waals surface area contributed by atoms with E-state index in [0.29, 0.717) is 6.54 Å². The lowest BCUT2D eigenvalue weighted by Gasteiger charge is -1.99. The van der Waals surface area contributed by atoms with Crippen LogP contribution >= 0.6 is 0 Å². The number of rotatable bonds is 4. The summed E-state index contributed by atoms with van der Waals surface area (Å²) in [6, 6.07) is 0. The lowest BCUT2D eigenvalue weighted by Crippen LogP contribution is -2.09. The Morgan fingerprint density at radius 3 is 2.67 bits per heavy atom. The fourth-order valence-electron chi connectivity index (χ4n) is 0.675. The Hall–Kier alpha value is -0.510. The van der Waals surface area contributed by atoms with Gasteiger partial charge in [-0.1, -0.05) is 0 Å². The van der Waals surface area contributed by atoms with Crippen molar-refractivity contribution >= 4 is 0 Å². The van der Waals surface area contributed by atoms with E-state index in [9.17, 15) is 4.48 Å². The average molecular weight is 131 g/mol. The second-order valence-corrected chi connectivity index (χ2v) is 2.40. The van der Waals surface area contributed by atoms with Crippen molar-refractivity contribution in [1.82, 2.24) is 5.54 Å². The molecular formula is C5H10FN3. The van der Waals surface area contributed by atoms with Crippen LogP contribution in [-0.2, 0) is 0 Å². The molecule has 0 fully saturated rings. The molecule has 9 heavy (non-hydrogen) atoms. The van der Waals surface area contributed by atoms with Gasteiger partial charge in [-0.15, -0.1) is 4.48 Å². The maximum atomic E-state index is 11.3. The van der Waals surface area contributed by atoms with E-state index in [2.05, 4.69) is 10.2 Å². The van der Waals surface area contributed by atoms with E-state index in [1.54, 1.807) is 5.54 Å². The second kappa shape index (κ2) is 2.39. The minimum Gasteiger partial charge on any atom is -0.159 e. The highest BCUT2D eigenvalue weighted by Gasteiger charge is 2.32. The zero-order chi connectivity index (χ0) is 6.74. The van der Waals surface area contributed by atoms with E-state index >= 15 is 0 Å². The molecule has 1 N–H and O–H groups in total. The molecule has 0 bridgehead atoms. The molecule has 0 spiro atoms. The highest BCUT2D eigenvalue weighted by molar-refractivity contribution is 4.87. The fraction of sp³-hybridized carbons (Fsp3) is 1.00. The first kappa shape index (κ1) is 6.61. The maximum absolute atomic E-state index is 11.3. The van der Waals surface area contributed by atoms with Gasteiger partial charge in [0.15, 0.2) is 5.66 Å². The molecule has 1 rings (SSSR count). The number of halogens is 1. The van der Waals surface area contributed by atoms with E-state index in [-0.39, 0.29) is 5.66 Å². The molecule has 0 aromatic heterocycles. The summed E-state index contributed by atoms with van der Waals surface area (Å²) in [5.74, 6) is 0. The van der Waals surface area contributed by atoms with Gasteiger partial charge < -0.3 is 0 Å². The summed E-state index contributed by atoms with van der Waals surface area (Å²) in [4.78, 5) is 0. The normalized spacial score (nSPS) is 20.2. The van der Waals surface area contributed by atoms with Gasteiger partial charge in [-0.25, -0.2) is 0 Å².